The van der Waals surface area contributed by atoms with Crippen molar-refractivity contribution in [1.82, 2.24) is 79.9 Å². The molecule has 34 heteroatoms. The highest BCUT2D eigenvalue weighted by Crippen LogP contribution is 2.55. The molecule has 8 atom stereocenters. The molecule has 12 heterocycles. The molecule has 0 spiro atoms. The first-order chi connectivity index (χ1) is 63.1. The number of rotatable bonds is 20. The number of carboxylic acid groups (broad SMARTS) is 2. The predicted molar refractivity (Wildman–Crippen MR) is 476 cm³/mol. The normalized spacial score (nSPS) is 18.0. The number of H-pyrrole nitrogens is 4. The minimum atomic E-state index is -1.19. The number of benzene rings is 8. The van der Waals surface area contributed by atoms with E-state index in [1.807, 2.05) is 84.9 Å². The number of carbonyl (C=O) groups is 8. The number of carbonyl (C=O) groups excluding carboxylic acids is 6. The summed E-state index contributed by atoms with van der Waals surface area (Å²) < 4.78 is 35.5. The highest BCUT2D eigenvalue weighted by molar-refractivity contribution is 6.32. The summed E-state index contributed by atoms with van der Waals surface area (Å²) >= 11 is 13.8. The van der Waals surface area contributed by atoms with Crippen LogP contribution in [0.2, 0.25) is 10.3 Å². The molecule has 0 bridgehead atoms. The van der Waals surface area contributed by atoms with Gasteiger partial charge in [0.2, 0.25) is 0 Å². The third-order valence-electron chi connectivity index (χ3n) is 25.6. The van der Waals surface area contributed by atoms with Crippen LogP contribution in [0, 0.1) is 0 Å². The van der Waals surface area contributed by atoms with Gasteiger partial charge in [0.25, 0.3) is 23.6 Å². The lowest BCUT2D eigenvalue weighted by atomic mass is 9.87. The first-order valence-electron chi connectivity index (χ1n) is 43.0. The second-order valence-corrected chi connectivity index (χ2v) is 34.0. The maximum Gasteiger partial charge on any atom is 0.407 e. The van der Waals surface area contributed by atoms with E-state index in [4.69, 9.17) is 71.6 Å². The van der Waals surface area contributed by atoms with Gasteiger partial charge in [0.1, 0.15) is 119 Å². The number of methoxy groups -OCH3 is 2. The third-order valence-corrected chi connectivity index (χ3v) is 26.2. The van der Waals surface area contributed by atoms with E-state index in [1.165, 1.54) is 28.3 Å². The largest absolute Gasteiger partial charge is 0.488 e. The number of hydrogen-bond acceptors (Lipinski definition) is 18. The Labute approximate surface area is 755 Å². The van der Waals surface area contributed by atoms with Gasteiger partial charge in [0.05, 0.1) is 62.2 Å². The summed E-state index contributed by atoms with van der Waals surface area (Å²) in [5, 5.41) is 25.8. The first-order valence-corrected chi connectivity index (χ1v) is 43.7. The second-order valence-electron chi connectivity index (χ2n) is 33.3. The first kappa shape index (κ1) is 84.8. The van der Waals surface area contributed by atoms with Crippen LogP contribution in [0.25, 0.3) is 67.3 Å². The smallest absolute Gasteiger partial charge is 0.407 e. The molecule has 8 aromatic carbocycles. The van der Waals surface area contributed by atoms with Crippen LogP contribution in [0.4, 0.5) is 19.2 Å². The second kappa shape index (κ2) is 35.5. The van der Waals surface area contributed by atoms with Crippen molar-refractivity contribution in [1.29, 1.82) is 0 Å². The number of nitrogens with zero attached hydrogens (tertiary/aromatic N) is 10. The maximum absolute atomic E-state index is 14.1. The molecule has 8 aliphatic heterocycles. The fraction of sp³-hybridized carbons (Fsp3) is 0.292. The molecule has 8 amide bonds. The molecule has 664 valence electrons. The molecule has 0 radical (unpaired) electrons. The lowest BCUT2D eigenvalue weighted by Gasteiger charge is -2.32. The Hall–Kier alpha value is -14.7. The summed E-state index contributed by atoms with van der Waals surface area (Å²) in [4.78, 5) is 147. The van der Waals surface area contributed by atoms with Crippen LogP contribution in [0.5, 0.6) is 23.0 Å². The summed E-state index contributed by atoms with van der Waals surface area (Å²) in [5.41, 5.74) is 15.7. The Kier molecular flexibility index (Phi) is 23.2. The van der Waals surface area contributed by atoms with Crippen LogP contribution < -0.4 is 29.6 Å². The average Bonchev–Trinajstić information content (AvgIpc) is 1.13. The number of likely N-dealkylation sites (tertiary alicyclic amines) is 4. The minimum Gasteiger partial charge on any atom is -0.488 e. The number of amides is 8. The molecule has 8 aliphatic rings. The zero-order valence-corrected chi connectivity index (χ0v) is 72.6. The van der Waals surface area contributed by atoms with Crippen LogP contribution in [0.1, 0.15) is 168 Å². The zero-order chi connectivity index (χ0) is 89.9. The summed E-state index contributed by atoms with van der Waals surface area (Å²) in [6, 6.07) is 46.6. The highest BCUT2D eigenvalue weighted by atomic mass is 35.5. The molecule has 4 saturated heterocycles. The number of likely N-dealkylation sites (N-methyl/N-ethyl adjacent to an activating group) is 2. The average molecular weight is 1790 g/mol. The zero-order valence-electron chi connectivity index (χ0n) is 71.1. The van der Waals surface area contributed by atoms with Gasteiger partial charge in [-0.05, 0) is 122 Å². The van der Waals surface area contributed by atoms with Crippen LogP contribution in [-0.2, 0) is 55.1 Å². The fourth-order valence-electron chi connectivity index (χ4n) is 19.4. The van der Waals surface area contributed by atoms with Crippen molar-refractivity contribution >= 4 is 71.2 Å². The molecule has 20 rings (SSSR count). The van der Waals surface area contributed by atoms with Gasteiger partial charge in [-0.15, -0.1) is 0 Å². The molecule has 32 nitrogen and oxygen atoms in total. The summed E-state index contributed by atoms with van der Waals surface area (Å²) in [7, 11) is 5.36. The van der Waals surface area contributed by atoms with Gasteiger partial charge in [-0.1, -0.05) is 145 Å². The van der Waals surface area contributed by atoms with E-state index in [9.17, 15) is 48.6 Å². The minimum absolute atomic E-state index is 0.240. The molecule has 130 heavy (non-hydrogen) atoms. The molecule has 12 aromatic rings. The van der Waals surface area contributed by atoms with Gasteiger partial charge in [0, 0.05) is 107 Å². The Morgan fingerprint density at radius 2 is 0.700 bits per heavy atom. The molecule has 4 aromatic heterocycles. The van der Waals surface area contributed by atoms with Crippen molar-refractivity contribution < 1.29 is 77.0 Å². The molecule has 0 saturated carbocycles. The maximum atomic E-state index is 14.1. The summed E-state index contributed by atoms with van der Waals surface area (Å²) in [5.74, 6) is 3.96. The van der Waals surface area contributed by atoms with Gasteiger partial charge in [0.15, 0.2) is 0 Å². The number of aromatic nitrogens is 8. The SMILES string of the molecule is CN(C(=O)O)C(C(=O)N1CCC[C@H]1c1ncc(-c2cc3c4c(c2)OCc2cc(-c5cnc(C6CCCN6C(=O)[C@H](c6ccccc6)N(C)C(=O)O)[nH]5)cc(c2-4)OC3)[nH]1)c1ccccc1.COC(=O)N[C@H](C(=O)N1CCC[C@H]1c1nc(-c2cc3c4c(c2)OCc2cc(-c5nc([C@@H]6CCCN6C(=O)[C@@H](NC(=O)OC)c6ccccc6)[nH]c5Cl)cc(c2-4)OC3)c(Cl)[nH]1)c1ccccc1. The van der Waals surface area contributed by atoms with Crippen molar-refractivity contribution in [2.45, 2.75) is 126 Å². The van der Waals surface area contributed by atoms with E-state index >= 15 is 0 Å². The Bertz CT molecular complexity index is 5950. The van der Waals surface area contributed by atoms with E-state index in [0.29, 0.717) is 144 Å². The molecule has 4 fully saturated rings. The summed E-state index contributed by atoms with van der Waals surface area (Å²) in [6.45, 7) is 3.01. The van der Waals surface area contributed by atoms with Crippen LogP contribution in [0.3, 0.4) is 0 Å². The van der Waals surface area contributed by atoms with Gasteiger partial charge < -0.3 is 88.8 Å². The van der Waals surface area contributed by atoms with Gasteiger partial charge in [-0.2, -0.15) is 0 Å². The molecule has 2 unspecified atom stereocenters. The van der Waals surface area contributed by atoms with E-state index in [1.54, 1.807) is 105 Å². The standard InChI is InChI=1S/C48H44Cl2N8O8.C48H46N8O8/c1-63-47(61)53-39(25-11-5-3-6-12-25)45(59)57-17-9-15-31(57)43-51-37(41(49)55-43)27-19-29-23-66-34-22-28(20-30-24-65-33(21-27)35(29)36(30)34)38-42(50)56-44(52-38)32-16-10-18-58(32)46(60)40(54-48(62)64-2)26-13-7-4-8-14-26;1-53(47(59)60)41(27-11-5-3-6-12-27)45(57)55-17-9-15-35(55)43-49-23-33(51-43)29-19-31-25-64-38-22-30(20-32-26-63-37(21-29)39(31)40(32)38)34-24-50-44(52-34)36-16-10-18-56(36)46(58)42(54(2)48(61)62)28-13-7-4-8-14-28/h3-8,11-14,19-22,31-32,39-40H,9-10,15-18,23-24H2,1-2H3,(H,51,55)(H,52,56)(H,53,61)(H,54,62);3-8,11-14,19-24,35-36,41-42H,9-10,15-18,25-26H2,1-2H3,(H,49,51)(H,50,52)(H,59,60)(H,61,62)/t31-,32-,39-,40-;35-,36?,41?,42-/m00/s1. The number of ether oxygens (including phenoxy) is 6. The van der Waals surface area contributed by atoms with Crippen LogP contribution >= 0.6 is 23.2 Å². The number of alkyl carbamates (subject to hydrolysis) is 2. The van der Waals surface area contributed by atoms with Crippen molar-refractivity contribution in [2.24, 2.45) is 0 Å². The lowest BCUT2D eigenvalue weighted by Crippen LogP contribution is -2.43. The predicted octanol–water partition coefficient (Wildman–Crippen LogP) is 16.7. The Balaban J connectivity index is 0.000000169. The number of halogens is 2. The Morgan fingerprint density at radius 1 is 0.408 bits per heavy atom. The molecular weight excluding hydrogens is 1700 g/mol. The van der Waals surface area contributed by atoms with Gasteiger partial charge in [-0.25, -0.2) is 39.1 Å². The Morgan fingerprint density at radius 3 is 1.02 bits per heavy atom. The third kappa shape index (κ3) is 16.0. The van der Waals surface area contributed by atoms with E-state index in [0.717, 1.165) is 125 Å². The topological polar surface area (TPSA) is 391 Å². The lowest BCUT2D eigenvalue weighted by molar-refractivity contribution is -0.138. The van der Waals surface area contributed by atoms with E-state index < -0.39 is 60.6 Å². The van der Waals surface area contributed by atoms with Gasteiger partial charge >= 0.3 is 24.4 Å². The highest BCUT2D eigenvalue weighted by Gasteiger charge is 2.45. The number of hydrogen-bond donors (Lipinski definition) is 8. The van der Waals surface area contributed by atoms with E-state index in [-0.39, 0.29) is 48.9 Å². The van der Waals surface area contributed by atoms with Crippen LogP contribution in [0.15, 0.2) is 182 Å². The van der Waals surface area contributed by atoms with Crippen LogP contribution in [-0.4, -0.2) is 182 Å². The molecular formula is C96H90Cl2N16O16. The van der Waals surface area contributed by atoms with Crippen molar-refractivity contribution in [2.75, 3.05) is 54.5 Å². The quantitative estimate of drug-likeness (QED) is 0.0351. The molecule has 8 N–H and O–H groups in total. The van der Waals surface area contributed by atoms with Crippen molar-refractivity contribution in [3.8, 4) is 90.3 Å². The summed E-state index contributed by atoms with van der Waals surface area (Å²) in [6.07, 6.45) is 5.39. The number of aromatic amines is 4. The molecule has 0 aliphatic carbocycles. The monoisotopic (exact) mass is 1790 g/mol. The fourth-order valence-corrected chi connectivity index (χ4v) is 19.9. The van der Waals surface area contributed by atoms with Gasteiger partial charge in [-0.3, -0.25) is 29.0 Å². The van der Waals surface area contributed by atoms with E-state index in [2.05, 4.69) is 42.7 Å². The van der Waals surface area contributed by atoms with Crippen molar-refractivity contribution in [3.05, 3.63) is 260 Å². The number of nitrogens with one attached hydrogen (secondary N) is 6. The van der Waals surface area contributed by atoms with Crippen molar-refractivity contribution in [3.63, 3.8) is 0 Å². The number of imidazole rings is 4.